The summed E-state index contributed by atoms with van der Waals surface area (Å²) in [5.74, 6) is 1.03. The summed E-state index contributed by atoms with van der Waals surface area (Å²) in [7, 11) is 0. The van der Waals surface area contributed by atoms with E-state index in [1.54, 1.807) is 17.7 Å². The van der Waals surface area contributed by atoms with Crippen molar-refractivity contribution in [2.24, 2.45) is 0 Å². The minimum Gasteiger partial charge on any atom is -0.367 e. The van der Waals surface area contributed by atoms with Gasteiger partial charge >= 0.3 is 0 Å². The van der Waals surface area contributed by atoms with Crippen molar-refractivity contribution in [3.63, 3.8) is 0 Å². The Bertz CT molecular complexity index is 530. The predicted octanol–water partition coefficient (Wildman–Crippen LogP) is 5.02. The van der Waals surface area contributed by atoms with E-state index in [0.717, 1.165) is 17.1 Å². The van der Waals surface area contributed by atoms with Crippen LogP contribution in [0.2, 0.25) is 0 Å². The third-order valence-corrected chi connectivity index (χ3v) is 4.86. The molecule has 2 aromatic heterocycles. The van der Waals surface area contributed by atoms with Crippen molar-refractivity contribution in [1.82, 2.24) is 9.97 Å². The Labute approximate surface area is 125 Å². The van der Waals surface area contributed by atoms with Gasteiger partial charge in [-0.05, 0) is 25.3 Å². The fraction of sp³-hybridized carbons (Fsp3) is 0.625. The molecule has 20 heavy (non-hydrogen) atoms. The summed E-state index contributed by atoms with van der Waals surface area (Å²) < 4.78 is 0. The second kappa shape index (κ2) is 7.58. The van der Waals surface area contributed by atoms with E-state index in [1.165, 1.54) is 42.4 Å². The third-order valence-electron chi connectivity index (χ3n) is 3.67. The first kappa shape index (κ1) is 15.2. The van der Waals surface area contributed by atoms with Gasteiger partial charge in [-0.15, -0.1) is 11.3 Å². The zero-order valence-corrected chi connectivity index (χ0v) is 13.6. The SMILES string of the molecule is CC.CCc1cc2c(NC3CCCCC3)ncnc2s1. The van der Waals surface area contributed by atoms with Crippen LogP contribution in [0.25, 0.3) is 10.2 Å². The van der Waals surface area contributed by atoms with Gasteiger partial charge in [-0.1, -0.05) is 40.0 Å². The molecule has 0 aromatic carbocycles. The van der Waals surface area contributed by atoms with Gasteiger partial charge in [0.1, 0.15) is 17.0 Å². The van der Waals surface area contributed by atoms with Crippen molar-refractivity contribution < 1.29 is 0 Å². The van der Waals surface area contributed by atoms with Crippen molar-refractivity contribution in [3.8, 4) is 0 Å². The molecule has 0 atom stereocenters. The Morgan fingerprint density at radius 2 is 1.95 bits per heavy atom. The van der Waals surface area contributed by atoms with Gasteiger partial charge in [-0.2, -0.15) is 0 Å². The first-order chi connectivity index (χ1) is 9.86. The van der Waals surface area contributed by atoms with Crippen LogP contribution in [0.3, 0.4) is 0 Å². The molecule has 0 amide bonds. The quantitative estimate of drug-likeness (QED) is 0.862. The number of aromatic nitrogens is 2. The van der Waals surface area contributed by atoms with Crippen molar-refractivity contribution in [2.75, 3.05) is 5.32 Å². The van der Waals surface area contributed by atoms with E-state index in [0.29, 0.717) is 6.04 Å². The molecular weight excluding hydrogens is 266 g/mol. The van der Waals surface area contributed by atoms with Gasteiger partial charge in [0.2, 0.25) is 0 Å². The van der Waals surface area contributed by atoms with Crippen LogP contribution in [-0.4, -0.2) is 16.0 Å². The van der Waals surface area contributed by atoms with Crippen molar-refractivity contribution >= 4 is 27.4 Å². The molecule has 0 bridgehead atoms. The maximum absolute atomic E-state index is 4.43. The molecule has 1 aliphatic carbocycles. The average Bonchev–Trinajstić information content (AvgIpc) is 2.95. The molecule has 2 heterocycles. The Kier molecular flexibility index (Phi) is 5.77. The highest BCUT2D eigenvalue weighted by Crippen LogP contribution is 2.30. The summed E-state index contributed by atoms with van der Waals surface area (Å²) in [6.45, 7) is 6.19. The smallest absolute Gasteiger partial charge is 0.138 e. The van der Waals surface area contributed by atoms with Crippen LogP contribution in [0.5, 0.6) is 0 Å². The fourth-order valence-corrected chi connectivity index (χ4v) is 3.57. The highest BCUT2D eigenvalue weighted by atomic mass is 32.1. The number of rotatable bonds is 3. The summed E-state index contributed by atoms with van der Waals surface area (Å²) in [5, 5.41) is 4.82. The average molecular weight is 291 g/mol. The van der Waals surface area contributed by atoms with Crippen LogP contribution in [-0.2, 0) is 6.42 Å². The molecule has 3 rings (SSSR count). The lowest BCUT2D eigenvalue weighted by Gasteiger charge is -2.23. The van der Waals surface area contributed by atoms with Crippen LogP contribution >= 0.6 is 11.3 Å². The van der Waals surface area contributed by atoms with Crippen LogP contribution in [0.1, 0.15) is 57.8 Å². The minimum absolute atomic E-state index is 0.599. The third kappa shape index (κ3) is 3.48. The molecule has 0 saturated heterocycles. The van der Waals surface area contributed by atoms with Crippen molar-refractivity contribution in [3.05, 3.63) is 17.3 Å². The zero-order valence-electron chi connectivity index (χ0n) is 12.8. The lowest BCUT2D eigenvalue weighted by molar-refractivity contribution is 0.462. The largest absolute Gasteiger partial charge is 0.367 e. The lowest BCUT2D eigenvalue weighted by Crippen LogP contribution is -2.22. The number of nitrogens with zero attached hydrogens (tertiary/aromatic N) is 2. The molecule has 1 aliphatic rings. The van der Waals surface area contributed by atoms with Gasteiger partial charge in [0.15, 0.2) is 0 Å². The number of nitrogens with one attached hydrogen (secondary N) is 1. The summed E-state index contributed by atoms with van der Waals surface area (Å²) in [6, 6.07) is 2.84. The van der Waals surface area contributed by atoms with Crippen LogP contribution in [0.15, 0.2) is 12.4 Å². The Morgan fingerprint density at radius 3 is 2.65 bits per heavy atom. The number of thiophene rings is 1. The predicted molar refractivity (Wildman–Crippen MR) is 88.6 cm³/mol. The van der Waals surface area contributed by atoms with Gasteiger partial charge in [0.05, 0.1) is 5.39 Å². The molecular formula is C16H25N3S. The summed E-state index contributed by atoms with van der Waals surface area (Å²) in [6.07, 6.45) is 9.38. The Hall–Kier alpha value is -1.16. The molecule has 1 N–H and O–H groups in total. The Balaban J connectivity index is 0.000000704. The Morgan fingerprint density at radius 1 is 1.20 bits per heavy atom. The second-order valence-corrected chi connectivity index (χ2v) is 6.10. The molecule has 3 nitrogen and oxygen atoms in total. The van der Waals surface area contributed by atoms with Crippen molar-refractivity contribution in [2.45, 2.75) is 65.3 Å². The van der Waals surface area contributed by atoms with Crippen molar-refractivity contribution in [1.29, 1.82) is 0 Å². The molecule has 0 unspecified atom stereocenters. The maximum Gasteiger partial charge on any atom is 0.138 e. The van der Waals surface area contributed by atoms with Crippen LogP contribution in [0, 0.1) is 0 Å². The van der Waals surface area contributed by atoms with E-state index in [9.17, 15) is 0 Å². The van der Waals surface area contributed by atoms with Gasteiger partial charge in [0, 0.05) is 10.9 Å². The van der Waals surface area contributed by atoms with Crippen LogP contribution in [0.4, 0.5) is 5.82 Å². The maximum atomic E-state index is 4.43. The number of anilines is 1. The van der Waals surface area contributed by atoms with Gasteiger partial charge < -0.3 is 5.32 Å². The molecule has 2 aromatic rings. The van der Waals surface area contributed by atoms with E-state index in [1.807, 2.05) is 13.8 Å². The van der Waals surface area contributed by atoms with E-state index in [4.69, 9.17) is 0 Å². The van der Waals surface area contributed by atoms with Gasteiger partial charge in [-0.25, -0.2) is 9.97 Å². The number of fused-ring (bicyclic) bond motifs is 1. The normalized spacial score (nSPS) is 15.8. The van der Waals surface area contributed by atoms with E-state index < -0.39 is 0 Å². The standard InChI is InChI=1S/C14H19N3S.C2H6/c1-2-11-8-12-13(15-9-16-14(12)18-11)17-10-6-4-3-5-7-10;1-2/h8-10H,2-7H2,1H3,(H,15,16,17);1-2H3. The fourth-order valence-electron chi connectivity index (χ4n) is 2.63. The lowest BCUT2D eigenvalue weighted by atomic mass is 9.95. The summed E-state index contributed by atoms with van der Waals surface area (Å²) >= 11 is 1.78. The molecule has 1 saturated carbocycles. The highest BCUT2D eigenvalue weighted by molar-refractivity contribution is 7.18. The monoisotopic (exact) mass is 291 g/mol. The summed E-state index contributed by atoms with van der Waals surface area (Å²) in [5.41, 5.74) is 0. The first-order valence-electron chi connectivity index (χ1n) is 7.87. The number of hydrogen-bond acceptors (Lipinski definition) is 4. The molecule has 0 aliphatic heterocycles. The minimum atomic E-state index is 0.599. The van der Waals surface area contributed by atoms with E-state index in [2.05, 4.69) is 28.3 Å². The topological polar surface area (TPSA) is 37.8 Å². The summed E-state index contributed by atoms with van der Waals surface area (Å²) in [4.78, 5) is 11.3. The zero-order chi connectivity index (χ0) is 14.4. The van der Waals surface area contributed by atoms with Gasteiger partial charge in [-0.3, -0.25) is 0 Å². The molecule has 0 radical (unpaired) electrons. The number of aryl methyl sites for hydroxylation is 1. The first-order valence-corrected chi connectivity index (χ1v) is 8.68. The second-order valence-electron chi connectivity index (χ2n) is 4.99. The molecule has 1 fully saturated rings. The van der Waals surface area contributed by atoms with Crippen LogP contribution < -0.4 is 5.32 Å². The molecule has 110 valence electrons. The highest BCUT2D eigenvalue weighted by Gasteiger charge is 2.15. The number of hydrogen-bond donors (Lipinski definition) is 1. The molecule has 0 spiro atoms. The van der Waals surface area contributed by atoms with E-state index >= 15 is 0 Å². The van der Waals surface area contributed by atoms with Gasteiger partial charge in [0.25, 0.3) is 0 Å². The van der Waals surface area contributed by atoms with E-state index in [-0.39, 0.29) is 0 Å². The molecule has 4 heteroatoms.